The van der Waals surface area contributed by atoms with Gasteiger partial charge in [0.05, 0.1) is 5.92 Å². The van der Waals surface area contributed by atoms with E-state index in [4.69, 9.17) is 11.6 Å². The van der Waals surface area contributed by atoms with Gasteiger partial charge < -0.3 is 10.2 Å². The van der Waals surface area contributed by atoms with Crippen LogP contribution in [0, 0.1) is 0 Å². The van der Waals surface area contributed by atoms with E-state index >= 15 is 0 Å². The Morgan fingerprint density at radius 1 is 1.39 bits per heavy atom. The highest BCUT2D eigenvalue weighted by Gasteiger charge is 2.22. The Bertz CT molecular complexity index is 414. The lowest BCUT2D eigenvalue weighted by Gasteiger charge is -2.24. The normalized spacial score (nSPS) is 18.2. The Balaban J connectivity index is 2.07. The molecular formula is C14H19ClN2O. The Kier molecular flexibility index (Phi) is 4.61. The molecule has 1 fully saturated rings. The predicted octanol–water partition coefficient (Wildman–Crippen LogP) is 2.27. The van der Waals surface area contributed by atoms with Crippen molar-refractivity contribution in [2.75, 3.05) is 26.2 Å². The summed E-state index contributed by atoms with van der Waals surface area (Å²) in [6.07, 6.45) is 1.02. The molecule has 1 amide bonds. The fourth-order valence-corrected chi connectivity index (χ4v) is 2.46. The first kappa shape index (κ1) is 13.4. The molecule has 1 saturated heterocycles. The van der Waals surface area contributed by atoms with E-state index in [1.54, 1.807) is 0 Å². The Hall–Kier alpha value is -1.06. The maximum absolute atomic E-state index is 12.4. The quantitative estimate of drug-likeness (QED) is 0.891. The SMILES string of the molecule is CC(C(=O)N1CCCNCC1)c1cccc(Cl)c1. The maximum atomic E-state index is 12.4. The zero-order chi connectivity index (χ0) is 13.0. The summed E-state index contributed by atoms with van der Waals surface area (Å²) in [7, 11) is 0. The molecule has 2 rings (SSSR count). The van der Waals surface area contributed by atoms with Crippen LogP contribution in [-0.2, 0) is 4.79 Å². The number of carbonyl (C=O) groups is 1. The van der Waals surface area contributed by atoms with Crippen molar-refractivity contribution in [3.8, 4) is 0 Å². The molecule has 0 aromatic heterocycles. The van der Waals surface area contributed by atoms with E-state index in [2.05, 4.69) is 5.32 Å². The van der Waals surface area contributed by atoms with Crippen LogP contribution in [0.3, 0.4) is 0 Å². The summed E-state index contributed by atoms with van der Waals surface area (Å²) >= 11 is 5.97. The minimum atomic E-state index is -0.123. The van der Waals surface area contributed by atoms with Gasteiger partial charge in [-0.05, 0) is 37.6 Å². The number of nitrogens with one attached hydrogen (secondary N) is 1. The van der Waals surface area contributed by atoms with E-state index in [-0.39, 0.29) is 11.8 Å². The second-order valence-corrected chi connectivity index (χ2v) is 5.14. The highest BCUT2D eigenvalue weighted by molar-refractivity contribution is 6.30. The average molecular weight is 267 g/mol. The molecule has 1 aliphatic rings. The molecule has 1 aromatic carbocycles. The summed E-state index contributed by atoms with van der Waals surface area (Å²) in [5.41, 5.74) is 0.990. The van der Waals surface area contributed by atoms with Crippen molar-refractivity contribution in [2.45, 2.75) is 19.3 Å². The van der Waals surface area contributed by atoms with Gasteiger partial charge in [0.15, 0.2) is 0 Å². The largest absolute Gasteiger partial charge is 0.341 e. The van der Waals surface area contributed by atoms with E-state index in [0.29, 0.717) is 5.02 Å². The van der Waals surface area contributed by atoms with Gasteiger partial charge >= 0.3 is 0 Å². The molecule has 0 saturated carbocycles. The monoisotopic (exact) mass is 266 g/mol. The first-order valence-electron chi connectivity index (χ1n) is 6.43. The van der Waals surface area contributed by atoms with Crippen molar-refractivity contribution >= 4 is 17.5 Å². The number of rotatable bonds is 2. The van der Waals surface area contributed by atoms with E-state index in [0.717, 1.165) is 38.2 Å². The van der Waals surface area contributed by atoms with E-state index in [1.165, 1.54) is 0 Å². The maximum Gasteiger partial charge on any atom is 0.229 e. The van der Waals surface area contributed by atoms with Gasteiger partial charge in [0.1, 0.15) is 0 Å². The summed E-state index contributed by atoms with van der Waals surface area (Å²) in [5.74, 6) is 0.0720. The summed E-state index contributed by atoms with van der Waals surface area (Å²) in [6, 6.07) is 7.56. The van der Waals surface area contributed by atoms with E-state index < -0.39 is 0 Å². The number of benzene rings is 1. The molecule has 1 N–H and O–H groups in total. The van der Waals surface area contributed by atoms with Crippen molar-refractivity contribution in [3.05, 3.63) is 34.9 Å². The number of carbonyl (C=O) groups excluding carboxylic acids is 1. The van der Waals surface area contributed by atoms with Crippen LogP contribution >= 0.6 is 11.6 Å². The molecule has 1 aliphatic heterocycles. The molecule has 4 heteroatoms. The van der Waals surface area contributed by atoms with Crippen LogP contribution in [0.1, 0.15) is 24.8 Å². The van der Waals surface area contributed by atoms with Crippen LogP contribution in [0.5, 0.6) is 0 Å². The first-order chi connectivity index (χ1) is 8.68. The fourth-order valence-electron chi connectivity index (χ4n) is 2.26. The number of halogens is 1. The summed E-state index contributed by atoms with van der Waals surface area (Å²) in [5, 5.41) is 3.99. The molecule has 0 bridgehead atoms. The fraction of sp³-hybridized carbons (Fsp3) is 0.500. The van der Waals surface area contributed by atoms with Gasteiger partial charge in [-0.15, -0.1) is 0 Å². The number of nitrogens with zero attached hydrogens (tertiary/aromatic N) is 1. The van der Waals surface area contributed by atoms with Crippen molar-refractivity contribution in [3.63, 3.8) is 0 Å². The van der Waals surface area contributed by atoms with Crippen LogP contribution < -0.4 is 5.32 Å². The van der Waals surface area contributed by atoms with Gasteiger partial charge in [-0.2, -0.15) is 0 Å². The average Bonchev–Trinajstić information content (AvgIpc) is 2.66. The Labute approximate surface area is 113 Å². The van der Waals surface area contributed by atoms with Crippen LogP contribution in [0.4, 0.5) is 0 Å². The lowest BCUT2D eigenvalue weighted by Crippen LogP contribution is -2.36. The number of hydrogen-bond acceptors (Lipinski definition) is 2. The van der Waals surface area contributed by atoms with Crippen molar-refractivity contribution < 1.29 is 4.79 Å². The highest BCUT2D eigenvalue weighted by atomic mass is 35.5. The molecule has 3 nitrogen and oxygen atoms in total. The minimum Gasteiger partial charge on any atom is -0.341 e. The topological polar surface area (TPSA) is 32.3 Å². The number of hydrogen-bond donors (Lipinski definition) is 1. The van der Waals surface area contributed by atoms with Gasteiger partial charge in [0.25, 0.3) is 0 Å². The van der Waals surface area contributed by atoms with Crippen LogP contribution in [-0.4, -0.2) is 37.0 Å². The van der Waals surface area contributed by atoms with E-state index in [9.17, 15) is 4.79 Å². The molecule has 1 heterocycles. The molecule has 1 aromatic rings. The molecule has 1 atom stereocenters. The van der Waals surface area contributed by atoms with Gasteiger partial charge in [0.2, 0.25) is 5.91 Å². The second-order valence-electron chi connectivity index (χ2n) is 4.71. The third kappa shape index (κ3) is 3.24. The first-order valence-corrected chi connectivity index (χ1v) is 6.81. The van der Waals surface area contributed by atoms with Gasteiger partial charge in [-0.3, -0.25) is 4.79 Å². The molecule has 0 spiro atoms. The summed E-state index contributed by atoms with van der Waals surface area (Å²) < 4.78 is 0. The lowest BCUT2D eigenvalue weighted by atomic mass is 9.99. The van der Waals surface area contributed by atoms with Gasteiger partial charge in [-0.25, -0.2) is 0 Å². The Morgan fingerprint density at radius 2 is 2.22 bits per heavy atom. The predicted molar refractivity (Wildman–Crippen MR) is 73.9 cm³/mol. The Morgan fingerprint density at radius 3 is 3.00 bits per heavy atom. The molecule has 0 radical (unpaired) electrons. The standard InChI is InChI=1S/C14H19ClN2O/c1-11(12-4-2-5-13(15)10-12)14(18)17-8-3-6-16-7-9-17/h2,4-5,10-11,16H,3,6-9H2,1H3. The molecule has 1 unspecified atom stereocenters. The van der Waals surface area contributed by atoms with Crippen LogP contribution in [0.2, 0.25) is 5.02 Å². The summed E-state index contributed by atoms with van der Waals surface area (Å²) in [4.78, 5) is 14.4. The van der Waals surface area contributed by atoms with Crippen molar-refractivity contribution in [1.82, 2.24) is 10.2 Å². The lowest BCUT2D eigenvalue weighted by molar-refractivity contribution is -0.132. The van der Waals surface area contributed by atoms with Crippen molar-refractivity contribution in [2.24, 2.45) is 0 Å². The second kappa shape index (κ2) is 6.21. The zero-order valence-electron chi connectivity index (χ0n) is 10.7. The summed E-state index contributed by atoms with van der Waals surface area (Å²) in [6.45, 7) is 5.47. The zero-order valence-corrected chi connectivity index (χ0v) is 11.4. The van der Waals surface area contributed by atoms with E-state index in [1.807, 2.05) is 36.1 Å². The molecule has 0 aliphatic carbocycles. The molecule has 98 valence electrons. The third-order valence-corrected chi connectivity index (χ3v) is 3.61. The molecular weight excluding hydrogens is 248 g/mol. The van der Waals surface area contributed by atoms with Crippen LogP contribution in [0.25, 0.3) is 0 Å². The van der Waals surface area contributed by atoms with Gasteiger partial charge in [0, 0.05) is 24.7 Å². The van der Waals surface area contributed by atoms with Gasteiger partial charge in [-0.1, -0.05) is 23.7 Å². The molecule has 18 heavy (non-hydrogen) atoms. The smallest absolute Gasteiger partial charge is 0.229 e. The highest BCUT2D eigenvalue weighted by Crippen LogP contribution is 2.21. The third-order valence-electron chi connectivity index (χ3n) is 3.37. The minimum absolute atomic E-state index is 0.123. The van der Waals surface area contributed by atoms with Crippen molar-refractivity contribution in [1.29, 1.82) is 0 Å². The van der Waals surface area contributed by atoms with Crippen LogP contribution in [0.15, 0.2) is 24.3 Å². The number of amides is 1.